The summed E-state index contributed by atoms with van der Waals surface area (Å²) < 4.78 is 19.8. The van der Waals surface area contributed by atoms with Crippen molar-refractivity contribution in [3.05, 3.63) is 0 Å². The molecule has 1 aliphatic carbocycles. The molecule has 1 aliphatic rings. The van der Waals surface area contributed by atoms with Gasteiger partial charge < -0.3 is 38.9 Å². The van der Waals surface area contributed by atoms with Crippen LogP contribution in [0.15, 0.2) is 0 Å². The Bertz CT molecular complexity index is 279. The Kier molecular flexibility index (Phi) is 5.49. The summed E-state index contributed by atoms with van der Waals surface area (Å²) in [5.74, 6) is 0. The van der Waals surface area contributed by atoms with E-state index in [0.29, 0.717) is 0 Å². The molecule has 0 bridgehead atoms. The Labute approximate surface area is 98.0 Å². The number of aliphatic hydroxyl groups is 3. The summed E-state index contributed by atoms with van der Waals surface area (Å²) in [6.07, 6.45) is -4.53. The molecule has 3 N–H and O–H groups in total. The van der Waals surface area contributed by atoms with Crippen molar-refractivity contribution in [3.63, 3.8) is 0 Å². The standard InChI is InChI=1S/C8H17O8P/c9-1-2-15-7-4-5(10)3-6(11)8(7)16-17(12,13)14/h5-11H,1-4H2,(H2,12,13,14)/p-2/t5-,6-,7-,8-/m1/s1. The van der Waals surface area contributed by atoms with E-state index in [4.69, 9.17) is 9.84 Å². The zero-order valence-electron chi connectivity index (χ0n) is 8.97. The third-order valence-electron chi connectivity index (χ3n) is 2.44. The van der Waals surface area contributed by atoms with Gasteiger partial charge in [-0.2, -0.15) is 0 Å². The van der Waals surface area contributed by atoms with Crippen molar-refractivity contribution in [2.24, 2.45) is 0 Å². The first-order chi connectivity index (χ1) is 7.83. The van der Waals surface area contributed by atoms with Gasteiger partial charge in [0.05, 0.1) is 39.3 Å². The second-order valence-corrected chi connectivity index (χ2v) is 4.95. The molecule has 0 aliphatic heterocycles. The Morgan fingerprint density at radius 3 is 2.47 bits per heavy atom. The van der Waals surface area contributed by atoms with Crippen LogP contribution < -0.4 is 9.79 Å². The highest BCUT2D eigenvalue weighted by atomic mass is 31.2. The van der Waals surface area contributed by atoms with Crippen LogP contribution in [0.2, 0.25) is 0 Å². The van der Waals surface area contributed by atoms with Crippen molar-refractivity contribution in [3.8, 4) is 0 Å². The third kappa shape index (κ3) is 4.99. The smallest absolute Gasteiger partial charge is 0.115 e. The van der Waals surface area contributed by atoms with Gasteiger partial charge in [0, 0.05) is 12.8 Å². The van der Waals surface area contributed by atoms with E-state index in [0.717, 1.165) is 0 Å². The summed E-state index contributed by atoms with van der Waals surface area (Å²) in [7, 11) is -5.24. The second kappa shape index (κ2) is 6.21. The number of hydrogen-bond donors (Lipinski definition) is 3. The van der Waals surface area contributed by atoms with E-state index < -0.39 is 32.2 Å². The molecular weight excluding hydrogens is 255 g/mol. The van der Waals surface area contributed by atoms with E-state index in [1.165, 1.54) is 0 Å². The van der Waals surface area contributed by atoms with E-state index in [-0.39, 0.29) is 26.1 Å². The first kappa shape index (κ1) is 15.0. The van der Waals surface area contributed by atoms with Crippen LogP contribution in [0.1, 0.15) is 12.8 Å². The molecule has 4 atom stereocenters. The molecule has 0 saturated heterocycles. The molecule has 0 radical (unpaired) electrons. The van der Waals surface area contributed by atoms with E-state index in [9.17, 15) is 24.6 Å². The second-order valence-electron chi connectivity index (χ2n) is 3.84. The van der Waals surface area contributed by atoms with Gasteiger partial charge in [-0.15, -0.1) is 0 Å². The topological polar surface area (TPSA) is 142 Å². The highest BCUT2D eigenvalue weighted by Gasteiger charge is 2.38. The molecule has 0 spiro atoms. The largest absolute Gasteiger partial charge is 0.790 e. The van der Waals surface area contributed by atoms with Gasteiger partial charge in [0.25, 0.3) is 0 Å². The molecular formula is C8H15O8P-2. The third-order valence-corrected chi connectivity index (χ3v) is 2.94. The Balaban J connectivity index is 2.68. The molecule has 0 aromatic rings. The first-order valence-electron chi connectivity index (χ1n) is 5.12. The lowest BCUT2D eigenvalue weighted by atomic mass is 9.90. The maximum Gasteiger partial charge on any atom is 0.115 e. The average Bonchev–Trinajstić information content (AvgIpc) is 2.18. The van der Waals surface area contributed by atoms with Gasteiger partial charge in [-0.05, 0) is 0 Å². The molecule has 0 unspecified atom stereocenters. The summed E-state index contributed by atoms with van der Waals surface area (Å²) in [4.78, 5) is 21.0. The van der Waals surface area contributed by atoms with Crippen molar-refractivity contribution >= 4 is 7.82 Å². The fourth-order valence-electron chi connectivity index (χ4n) is 1.81. The Hall–Kier alpha value is -0.0500. The van der Waals surface area contributed by atoms with Crippen molar-refractivity contribution < 1.29 is 38.9 Å². The van der Waals surface area contributed by atoms with Crippen molar-refractivity contribution in [2.75, 3.05) is 13.2 Å². The monoisotopic (exact) mass is 270 g/mol. The summed E-state index contributed by atoms with van der Waals surface area (Å²) >= 11 is 0. The lowest BCUT2D eigenvalue weighted by Gasteiger charge is -2.42. The predicted molar refractivity (Wildman–Crippen MR) is 50.6 cm³/mol. The summed E-state index contributed by atoms with van der Waals surface area (Å²) in [5.41, 5.74) is 0. The van der Waals surface area contributed by atoms with Gasteiger partial charge in [-0.25, -0.2) is 0 Å². The fourth-order valence-corrected chi connectivity index (χ4v) is 2.39. The molecule has 0 heterocycles. The van der Waals surface area contributed by atoms with Gasteiger partial charge in [0.1, 0.15) is 6.10 Å². The maximum atomic E-state index is 10.5. The quantitative estimate of drug-likeness (QED) is 0.451. The zero-order chi connectivity index (χ0) is 13.1. The lowest BCUT2D eigenvalue weighted by molar-refractivity contribution is -0.350. The van der Waals surface area contributed by atoms with Gasteiger partial charge >= 0.3 is 0 Å². The molecule has 9 heteroatoms. The highest BCUT2D eigenvalue weighted by Crippen LogP contribution is 2.35. The summed E-state index contributed by atoms with van der Waals surface area (Å²) in [5, 5.41) is 27.5. The van der Waals surface area contributed by atoms with Crippen molar-refractivity contribution in [1.82, 2.24) is 0 Å². The molecule has 0 amide bonds. The number of ether oxygens (including phenoxy) is 1. The van der Waals surface area contributed by atoms with Gasteiger partial charge in [-0.3, -0.25) is 0 Å². The minimum atomic E-state index is -5.24. The van der Waals surface area contributed by atoms with Gasteiger partial charge in [0.15, 0.2) is 0 Å². The van der Waals surface area contributed by atoms with Crippen LogP contribution in [0.25, 0.3) is 0 Å². The number of rotatable bonds is 5. The highest BCUT2D eigenvalue weighted by molar-refractivity contribution is 7.43. The van der Waals surface area contributed by atoms with Crippen LogP contribution in [0.4, 0.5) is 0 Å². The van der Waals surface area contributed by atoms with Crippen LogP contribution in [-0.2, 0) is 13.8 Å². The number of hydrogen-bond acceptors (Lipinski definition) is 8. The normalized spacial score (nSPS) is 34.9. The fraction of sp³-hybridized carbons (Fsp3) is 1.00. The van der Waals surface area contributed by atoms with Crippen molar-refractivity contribution in [1.29, 1.82) is 0 Å². The summed E-state index contributed by atoms with van der Waals surface area (Å²) in [6.45, 7) is -0.409. The minimum Gasteiger partial charge on any atom is -0.790 e. The Morgan fingerprint density at radius 1 is 1.29 bits per heavy atom. The van der Waals surface area contributed by atoms with E-state index in [1.54, 1.807) is 0 Å². The average molecular weight is 270 g/mol. The Morgan fingerprint density at radius 2 is 1.94 bits per heavy atom. The molecule has 8 nitrogen and oxygen atoms in total. The molecule has 102 valence electrons. The molecule has 1 fully saturated rings. The molecule has 0 aromatic carbocycles. The summed E-state index contributed by atoms with van der Waals surface area (Å²) in [6, 6.07) is 0. The van der Waals surface area contributed by atoms with Gasteiger partial charge in [-0.1, -0.05) is 0 Å². The van der Waals surface area contributed by atoms with Crippen LogP contribution in [-0.4, -0.2) is 52.9 Å². The van der Waals surface area contributed by atoms with Crippen LogP contribution in [0, 0.1) is 0 Å². The van der Waals surface area contributed by atoms with E-state index in [2.05, 4.69) is 4.52 Å². The first-order valence-corrected chi connectivity index (χ1v) is 6.58. The van der Waals surface area contributed by atoms with Gasteiger partial charge in [0.2, 0.25) is 0 Å². The minimum absolute atomic E-state index is 0.0295. The van der Waals surface area contributed by atoms with Crippen molar-refractivity contribution in [2.45, 2.75) is 37.3 Å². The predicted octanol–water partition coefficient (Wildman–Crippen LogP) is -2.91. The SMILES string of the molecule is O=P([O-])([O-])O[C@@H]1[C@H](O)C[C@@H](O)C[C@H]1OCCO. The number of aliphatic hydroxyl groups excluding tert-OH is 3. The molecule has 17 heavy (non-hydrogen) atoms. The molecule has 0 aromatic heterocycles. The maximum absolute atomic E-state index is 10.5. The number of phosphoric acid groups is 1. The van der Waals surface area contributed by atoms with Crippen LogP contribution in [0.3, 0.4) is 0 Å². The van der Waals surface area contributed by atoms with Crippen LogP contribution >= 0.6 is 7.82 Å². The number of phosphoric ester groups is 1. The van der Waals surface area contributed by atoms with Crippen LogP contribution in [0.5, 0.6) is 0 Å². The molecule has 1 saturated carbocycles. The zero-order valence-corrected chi connectivity index (χ0v) is 9.86. The lowest BCUT2D eigenvalue weighted by Crippen LogP contribution is -2.50. The van der Waals surface area contributed by atoms with E-state index in [1.807, 2.05) is 0 Å². The molecule has 1 rings (SSSR count). The van der Waals surface area contributed by atoms with E-state index >= 15 is 0 Å².